The summed E-state index contributed by atoms with van der Waals surface area (Å²) in [5, 5.41) is 1.40. The van der Waals surface area contributed by atoms with Crippen molar-refractivity contribution in [1.82, 2.24) is 4.90 Å². The van der Waals surface area contributed by atoms with Gasteiger partial charge in [-0.25, -0.2) is 0 Å². The van der Waals surface area contributed by atoms with Gasteiger partial charge in [0.15, 0.2) is 0 Å². The Hall–Kier alpha value is -1.42. The van der Waals surface area contributed by atoms with E-state index in [2.05, 4.69) is 0 Å². The molecule has 0 aromatic heterocycles. The second-order valence-corrected chi connectivity index (χ2v) is 5.89. The Morgan fingerprint density at radius 1 is 1.10 bits per heavy atom. The van der Waals surface area contributed by atoms with Crippen molar-refractivity contribution in [3.8, 4) is 0 Å². The lowest BCUT2D eigenvalue weighted by atomic mass is 10.1. The lowest BCUT2D eigenvalue weighted by Crippen LogP contribution is -2.26. The maximum Gasteiger partial charge on any atom is 0.255 e. The summed E-state index contributed by atoms with van der Waals surface area (Å²) in [5.74, 6) is -0.203. The fourth-order valence-electron chi connectivity index (χ4n) is 1.89. The van der Waals surface area contributed by atoms with Crippen LogP contribution in [-0.2, 0) is 6.54 Å². The van der Waals surface area contributed by atoms with Gasteiger partial charge < -0.3 is 10.6 Å². The summed E-state index contributed by atoms with van der Waals surface area (Å²) in [5.41, 5.74) is 7.35. The molecule has 0 radical (unpaired) electrons. The zero-order valence-electron chi connectivity index (χ0n) is 11.2. The first-order valence-corrected chi connectivity index (χ1v) is 7.26. The number of hydrogen-bond donors (Lipinski definition) is 1. The number of nitrogen functional groups attached to an aromatic ring is 1. The predicted molar refractivity (Wildman–Crippen MR) is 88.1 cm³/mol. The van der Waals surface area contributed by atoms with Crippen LogP contribution in [0.4, 0.5) is 5.69 Å². The molecular weight excluding hydrogens is 331 g/mol. The van der Waals surface area contributed by atoms with E-state index in [9.17, 15) is 4.79 Å². The highest BCUT2D eigenvalue weighted by Gasteiger charge is 2.16. The molecule has 0 aliphatic heterocycles. The molecule has 0 aliphatic carbocycles. The molecule has 3 nitrogen and oxygen atoms in total. The molecule has 6 heteroatoms. The van der Waals surface area contributed by atoms with Crippen LogP contribution in [0.25, 0.3) is 0 Å². The topological polar surface area (TPSA) is 46.3 Å². The van der Waals surface area contributed by atoms with Crippen LogP contribution in [0.3, 0.4) is 0 Å². The van der Waals surface area contributed by atoms with E-state index in [0.29, 0.717) is 32.9 Å². The van der Waals surface area contributed by atoms with Crippen LogP contribution in [-0.4, -0.2) is 17.9 Å². The lowest BCUT2D eigenvalue weighted by Gasteiger charge is -2.19. The molecular formula is C15H13Cl3N2O. The quantitative estimate of drug-likeness (QED) is 0.834. The number of rotatable bonds is 3. The van der Waals surface area contributed by atoms with E-state index in [1.54, 1.807) is 43.4 Å². The number of carbonyl (C=O) groups is 1. The number of nitrogens with two attached hydrogens (primary N) is 1. The normalized spacial score (nSPS) is 10.5. The molecule has 2 N–H and O–H groups in total. The van der Waals surface area contributed by atoms with Crippen molar-refractivity contribution < 1.29 is 4.79 Å². The van der Waals surface area contributed by atoms with E-state index in [-0.39, 0.29) is 5.91 Å². The number of anilines is 1. The van der Waals surface area contributed by atoms with Gasteiger partial charge in [0.2, 0.25) is 0 Å². The lowest BCUT2D eigenvalue weighted by molar-refractivity contribution is 0.0785. The maximum atomic E-state index is 12.4. The predicted octanol–water partition coefficient (Wildman–Crippen LogP) is 4.50. The number of halogens is 3. The second kappa shape index (κ2) is 6.56. The molecule has 0 bridgehead atoms. The molecule has 110 valence electrons. The third-order valence-corrected chi connectivity index (χ3v) is 3.89. The van der Waals surface area contributed by atoms with Gasteiger partial charge in [-0.3, -0.25) is 4.79 Å². The largest absolute Gasteiger partial charge is 0.399 e. The maximum absolute atomic E-state index is 12.4. The number of carbonyl (C=O) groups excluding carboxylic acids is 1. The highest BCUT2D eigenvalue weighted by molar-refractivity contribution is 6.35. The Kier molecular flexibility index (Phi) is 4.99. The van der Waals surface area contributed by atoms with E-state index in [4.69, 9.17) is 40.5 Å². The van der Waals surface area contributed by atoms with Gasteiger partial charge in [0, 0.05) is 29.3 Å². The second-order valence-electron chi connectivity index (χ2n) is 4.64. The first-order valence-electron chi connectivity index (χ1n) is 6.13. The molecule has 0 saturated carbocycles. The summed E-state index contributed by atoms with van der Waals surface area (Å²) in [7, 11) is 1.68. The van der Waals surface area contributed by atoms with Crippen molar-refractivity contribution in [3.05, 3.63) is 62.6 Å². The Bertz CT molecular complexity index is 689. The van der Waals surface area contributed by atoms with Crippen molar-refractivity contribution in [1.29, 1.82) is 0 Å². The summed E-state index contributed by atoms with van der Waals surface area (Å²) in [6.45, 7) is 0.357. The molecule has 0 atom stereocenters. The summed E-state index contributed by atoms with van der Waals surface area (Å²) in [6.07, 6.45) is 0. The molecule has 0 fully saturated rings. The van der Waals surface area contributed by atoms with Gasteiger partial charge in [-0.1, -0.05) is 40.9 Å². The van der Waals surface area contributed by atoms with E-state index in [1.807, 2.05) is 0 Å². The van der Waals surface area contributed by atoms with Crippen LogP contribution in [0.2, 0.25) is 15.1 Å². The number of benzene rings is 2. The number of nitrogens with zero attached hydrogens (tertiary/aromatic N) is 1. The Labute approximate surface area is 138 Å². The van der Waals surface area contributed by atoms with Crippen molar-refractivity contribution in [2.75, 3.05) is 12.8 Å². The number of hydrogen-bond acceptors (Lipinski definition) is 2. The first kappa shape index (κ1) is 16.0. The van der Waals surface area contributed by atoms with Crippen LogP contribution < -0.4 is 5.73 Å². The summed E-state index contributed by atoms with van der Waals surface area (Å²) >= 11 is 18.0. The molecule has 0 unspecified atom stereocenters. The monoisotopic (exact) mass is 342 g/mol. The van der Waals surface area contributed by atoms with Crippen LogP contribution in [0, 0.1) is 0 Å². The van der Waals surface area contributed by atoms with Gasteiger partial charge in [0.1, 0.15) is 0 Å². The van der Waals surface area contributed by atoms with E-state index >= 15 is 0 Å². The van der Waals surface area contributed by atoms with Crippen molar-refractivity contribution in [3.63, 3.8) is 0 Å². The van der Waals surface area contributed by atoms with Crippen molar-refractivity contribution in [2.45, 2.75) is 6.54 Å². The molecule has 21 heavy (non-hydrogen) atoms. The van der Waals surface area contributed by atoms with Crippen molar-refractivity contribution in [2.24, 2.45) is 0 Å². The average Bonchev–Trinajstić information content (AvgIpc) is 2.41. The van der Waals surface area contributed by atoms with Gasteiger partial charge in [0.25, 0.3) is 5.91 Å². The molecule has 1 amide bonds. The zero-order valence-corrected chi connectivity index (χ0v) is 13.5. The van der Waals surface area contributed by atoms with Gasteiger partial charge in [0.05, 0.1) is 10.6 Å². The number of amides is 1. The third kappa shape index (κ3) is 3.82. The Morgan fingerprint density at radius 3 is 2.43 bits per heavy atom. The molecule has 0 spiro atoms. The fraction of sp³-hybridized carbons (Fsp3) is 0.133. The summed E-state index contributed by atoms with van der Waals surface area (Å²) in [4.78, 5) is 13.9. The van der Waals surface area contributed by atoms with Crippen LogP contribution >= 0.6 is 34.8 Å². The van der Waals surface area contributed by atoms with Crippen LogP contribution in [0.15, 0.2) is 36.4 Å². The van der Waals surface area contributed by atoms with E-state index in [0.717, 1.165) is 5.56 Å². The molecule has 0 aliphatic rings. The minimum atomic E-state index is -0.203. The van der Waals surface area contributed by atoms with Crippen molar-refractivity contribution >= 4 is 46.4 Å². The van der Waals surface area contributed by atoms with E-state index in [1.165, 1.54) is 4.90 Å². The molecule has 2 rings (SSSR count). The van der Waals surface area contributed by atoms with Crippen LogP contribution in [0.1, 0.15) is 15.9 Å². The van der Waals surface area contributed by atoms with Gasteiger partial charge >= 0.3 is 0 Å². The highest BCUT2D eigenvalue weighted by Crippen LogP contribution is 2.24. The summed E-state index contributed by atoms with van der Waals surface area (Å²) in [6, 6.07) is 9.98. The third-order valence-electron chi connectivity index (χ3n) is 2.99. The SMILES string of the molecule is CN(Cc1ccc(Cl)cc1Cl)C(=O)c1ccc(N)cc1Cl. The molecule has 2 aromatic carbocycles. The van der Waals surface area contributed by atoms with E-state index < -0.39 is 0 Å². The minimum Gasteiger partial charge on any atom is -0.399 e. The van der Waals surface area contributed by atoms with Gasteiger partial charge in [-0.05, 0) is 35.9 Å². The molecule has 0 saturated heterocycles. The minimum absolute atomic E-state index is 0.203. The first-order chi connectivity index (χ1) is 9.88. The Balaban J connectivity index is 2.19. The standard InChI is InChI=1S/C15H13Cl3N2O/c1-20(8-9-2-3-10(16)6-13(9)17)15(21)12-5-4-11(19)7-14(12)18/h2-7H,8,19H2,1H3. The summed E-state index contributed by atoms with van der Waals surface area (Å²) < 4.78 is 0. The Morgan fingerprint density at radius 2 is 1.81 bits per heavy atom. The molecule has 0 heterocycles. The highest BCUT2D eigenvalue weighted by atomic mass is 35.5. The molecule has 2 aromatic rings. The average molecular weight is 344 g/mol. The fourth-order valence-corrected chi connectivity index (χ4v) is 2.63. The van der Waals surface area contributed by atoms with Gasteiger partial charge in [-0.15, -0.1) is 0 Å². The zero-order chi connectivity index (χ0) is 15.6. The van der Waals surface area contributed by atoms with Crippen LogP contribution in [0.5, 0.6) is 0 Å². The smallest absolute Gasteiger partial charge is 0.255 e. The van der Waals surface area contributed by atoms with Gasteiger partial charge in [-0.2, -0.15) is 0 Å².